The van der Waals surface area contributed by atoms with Gasteiger partial charge in [0.2, 0.25) is 0 Å². The molecule has 2 nitrogen and oxygen atoms in total. The number of nitrogens with zero attached hydrogens (tertiary/aromatic N) is 2. The van der Waals surface area contributed by atoms with Gasteiger partial charge in [-0.3, -0.25) is 9.97 Å². The first-order valence-electron chi connectivity index (χ1n) is 14.6. The maximum Gasteiger partial charge on any atom is 0.380 e. The first-order valence-corrected chi connectivity index (χ1v) is 16.2. The Labute approximate surface area is 274 Å². The molecule has 1 aliphatic rings. The van der Waals surface area contributed by atoms with Gasteiger partial charge in [0.1, 0.15) is 0 Å². The van der Waals surface area contributed by atoms with E-state index in [1.165, 1.54) is 36.9 Å². The number of thiophene rings is 2. The minimum atomic E-state index is -5.68. The first kappa shape index (κ1) is 31.1. The third-order valence-electron chi connectivity index (χ3n) is 8.17. The summed E-state index contributed by atoms with van der Waals surface area (Å²) in [6, 6.07) is 27.1. The van der Waals surface area contributed by atoms with Gasteiger partial charge in [-0.05, 0) is 69.8 Å². The van der Waals surface area contributed by atoms with Gasteiger partial charge >= 0.3 is 17.8 Å². The van der Waals surface area contributed by atoms with Crippen molar-refractivity contribution >= 4 is 33.8 Å². The van der Waals surface area contributed by atoms with E-state index in [0.717, 1.165) is 22.7 Å². The molecule has 236 valence electrons. The van der Waals surface area contributed by atoms with Crippen molar-refractivity contribution in [1.29, 1.82) is 0 Å². The molecule has 0 bridgehead atoms. The molecule has 0 aliphatic heterocycles. The summed E-state index contributed by atoms with van der Waals surface area (Å²) < 4.78 is 96.1. The average molecular weight is 675 g/mol. The Bertz CT molecular complexity index is 1910. The number of hydrogen-bond acceptors (Lipinski definition) is 4. The van der Waals surface area contributed by atoms with Gasteiger partial charge in [-0.15, -0.1) is 22.7 Å². The minimum absolute atomic E-state index is 0.0577. The van der Waals surface area contributed by atoms with Crippen molar-refractivity contribution in [2.24, 2.45) is 0 Å². The third-order valence-corrected chi connectivity index (χ3v) is 10.5. The molecule has 0 saturated heterocycles. The van der Waals surface area contributed by atoms with Crippen molar-refractivity contribution in [1.82, 2.24) is 9.97 Å². The van der Waals surface area contributed by atoms with E-state index in [1.807, 2.05) is 0 Å². The van der Waals surface area contributed by atoms with Crippen molar-refractivity contribution < 1.29 is 26.3 Å². The van der Waals surface area contributed by atoms with Crippen molar-refractivity contribution in [3.05, 3.63) is 154 Å². The Kier molecular flexibility index (Phi) is 7.88. The molecule has 0 atom stereocenters. The van der Waals surface area contributed by atoms with Crippen LogP contribution in [0.1, 0.15) is 32.0 Å². The van der Waals surface area contributed by atoms with Gasteiger partial charge in [-0.2, -0.15) is 26.3 Å². The summed E-state index contributed by atoms with van der Waals surface area (Å²) in [5.41, 5.74) is -0.666. The van der Waals surface area contributed by atoms with E-state index in [9.17, 15) is 0 Å². The SMILES string of the molecule is FC1(F)C(c2cc(-c3ccccc3)sc2Cc2ccncc2)=C(c2cc(-c3ccccc3)sc2Cc2ccncc2)C(F)(F)C1(F)F. The quantitative estimate of drug-likeness (QED) is 0.150. The molecule has 4 heterocycles. The van der Waals surface area contributed by atoms with Gasteiger partial charge in [-0.1, -0.05) is 60.7 Å². The predicted molar refractivity (Wildman–Crippen MR) is 175 cm³/mol. The van der Waals surface area contributed by atoms with Crippen LogP contribution in [0.15, 0.2) is 122 Å². The molecule has 1 aliphatic carbocycles. The Morgan fingerprint density at radius 2 is 0.851 bits per heavy atom. The maximum atomic E-state index is 16.2. The largest absolute Gasteiger partial charge is 0.380 e. The van der Waals surface area contributed by atoms with E-state index in [1.54, 1.807) is 84.9 Å². The minimum Gasteiger partial charge on any atom is -0.265 e. The van der Waals surface area contributed by atoms with Gasteiger partial charge in [0, 0.05) is 68.3 Å². The summed E-state index contributed by atoms with van der Waals surface area (Å²) in [7, 11) is 0. The van der Waals surface area contributed by atoms with Crippen molar-refractivity contribution in [2.75, 3.05) is 0 Å². The second-order valence-corrected chi connectivity index (χ2v) is 13.4. The number of rotatable bonds is 8. The van der Waals surface area contributed by atoms with E-state index in [2.05, 4.69) is 9.97 Å². The number of alkyl halides is 6. The molecule has 0 fully saturated rings. The number of halogens is 6. The van der Waals surface area contributed by atoms with Gasteiger partial charge in [0.05, 0.1) is 0 Å². The number of pyridine rings is 2. The zero-order chi connectivity index (χ0) is 32.8. The molecule has 10 heteroatoms. The van der Waals surface area contributed by atoms with Crippen LogP contribution in [0, 0.1) is 0 Å². The van der Waals surface area contributed by atoms with Crippen LogP contribution in [-0.2, 0) is 12.8 Å². The molecular weight excluding hydrogens is 651 g/mol. The second kappa shape index (κ2) is 11.9. The molecule has 0 spiro atoms. The highest BCUT2D eigenvalue weighted by Crippen LogP contribution is 2.66. The van der Waals surface area contributed by atoms with Crippen LogP contribution in [-0.4, -0.2) is 27.7 Å². The lowest BCUT2D eigenvalue weighted by Crippen LogP contribution is -2.49. The fraction of sp³-hybridized carbons (Fsp3) is 0.135. The molecular formula is C37H24F6N2S2. The summed E-state index contributed by atoms with van der Waals surface area (Å²) in [5, 5.41) is 0. The van der Waals surface area contributed by atoms with E-state index in [4.69, 9.17) is 0 Å². The zero-order valence-electron chi connectivity index (χ0n) is 24.4. The molecule has 0 radical (unpaired) electrons. The van der Waals surface area contributed by atoms with Crippen LogP contribution in [0.5, 0.6) is 0 Å². The Morgan fingerprint density at radius 1 is 0.489 bits per heavy atom. The van der Waals surface area contributed by atoms with Gasteiger partial charge in [0.25, 0.3) is 0 Å². The Balaban J connectivity index is 1.52. The summed E-state index contributed by atoms with van der Waals surface area (Å²) >= 11 is 2.24. The molecule has 2 aromatic carbocycles. The standard InChI is InChI=1S/C37H24F6N2S2/c38-35(39)33(27-21-29(25-7-3-1-4-8-25)46-31(27)19-23-11-15-44-16-12-23)34(36(40,41)37(35,42)43)28-22-30(26-9-5-2-6-10-26)47-32(28)20-24-13-17-45-18-14-24/h1-18,21-22H,19-20H2. The molecule has 4 aromatic heterocycles. The average Bonchev–Trinajstić information content (AvgIpc) is 3.71. The second-order valence-electron chi connectivity index (χ2n) is 11.2. The van der Waals surface area contributed by atoms with Crippen LogP contribution < -0.4 is 0 Å². The summed E-state index contributed by atoms with van der Waals surface area (Å²) in [6.45, 7) is 0. The molecule has 47 heavy (non-hydrogen) atoms. The molecule has 6 aromatic rings. The molecule has 0 amide bonds. The zero-order valence-corrected chi connectivity index (χ0v) is 26.1. The Hall–Kier alpha value is -4.54. The fourth-order valence-corrected chi connectivity index (χ4v) is 8.25. The number of aromatic nitrogens is 2. The highest BCUT2D eigenvalue weighted by molar-refractivity contribution is 7.16. The third kappa shape index (κ3) is 5.39. The Morgan fingerprint density at radius 3 is 1.21 bits per heavy atom. The van der Waals surface area contributed by atoms with Gasteiger partial charge < -0.3 is 0 Å². The lowest BCUT2D eigenvalue weighted by molar-refractivity contribution is -0.254. The van der Waals surface area contributed by atoms with Crippen molar-refractivity contribution in [2.45, 2.75) is 30.6 Å². The normalized spacial score (nSPS) is 16.5. The van der Waals surface area contributed by atoms with Crippen LogP contribution in [0.3, 0.4) is 0 Å². The van der Waals surface area contributed by atoms with Crippen LogP contribution in [0.2, 0.25) is 0 Å². The predicted octanol–water partition coefficient (Wildman–Crippen LogP) is 10.9. The number of hydrogen-bond donors (Lipinski definition) is 0. The maximum absolute atomic E-state index is 16.2. The number of allylic oxidation sites excluding steroid dienone is 2. The molecule has 0 saturated carbocycles. The van der Waals surface area contributed by atoms with E-state index in [0.29, 0.717) is 32.0 Å². The lowest BCUT2D eigenvalue weighted by Gasteiger charge is -2.26. The fourth-order valence-electron chi connectivity index (χ4n) is 5.84. The number of benzene rings is 2. The molecule has 0 unspecified atom stereocenters. The van der Waals surface area contributed by atoms with Gasteiger partial charge in [-0.25, -0.2) is 0 Å². The van der Waals surface area contributed by atoms with Crippen LogP contribution in [0.25, 0.3) is 32.0 Å². The van der Waals surface area contributed by atoms with E-state index in [-0.39, 0.29) is 33.7 Å². The molecule has 7 rings (SSSR count). The van der Waals surface area contributed by atoms with Crippen LogP contribution in [0.4, 0.5) is 26.3 Å². The highest BCUT2D eigenvalue weighted by atomic mass is 32.1. The lowest BCUT2D eigenvalue weighted by atomic mass is 9.92. The van der Waals surface area contributed by atoms with Crippen molar-refractivity contribution in [3.8, 4) is 20.9 Å². The summed E-state index contributed by atoms with van der Waals surface area (Å²) in [5.74, 6) is -16.1. The van der Waals surface area contributed by atoms with Gasteiger partial charge in [0.15, 0.2) is 0 Å². The molecule has 0 N–H and O–H groups in total. The monoisotopic (exact) mass is 674 g/mol. The van der Waals surface area contributed by atoms with E-state index < -0.39 is 28.9 Å². The summed E-state index contributed by atoms with van der Waals surface area (Å²) in [4.78, 5) is 9.53. The van der Waals surface area contributed by atoms with Crippen LogP contribution >= 0.6 is 22.7 Å². The highest BCUT2D eigenvalue weighted by Gasteiger charge is 2.80. The smallest absolute Gasteiger partial charge is 0.265 e. The topological polar surface area (TPSA) is 25.8 Å². The van der Waals surface area contributed by atoms with Crippen molar-refractivity contribution in [3.63, 3.8) is 0 Å². The summed E-state index contributed by atoms with van der Waals surface area (Å²) in [6.07, 6.45) is 6.23. The van der Waals surface area contributed by atoms with E-state index >= 15 is 26.3 Å². The first-order chi connectivity index (χ1) is 22.6.